The Kier molecular flexibility index (Phi) is 4.92. The average molecular weight is 313 g/mol. The molecule has 1 aliphatic rings. The van der Waals surface area contributed by atoms with Crippen molar-refractivity contribution in [3.63, 3.8) is 0 Å². The number of benzene rings is 1. The number of nitrogens with one attached hydrogen (secondary N) is 1. The molecule has 7 heteroatoms. The van der Waals surface area contributed by atoms with E-state index in [2.05, 4.69) is 20.4 Å². The number of hydrogen-bond donors (Lipinski definition) is 1. The van der Waals surface area contributed by atoms with Crippen molar-refractivity contribution in [1.29, 1.82) is 0 Å². The summed E-state index contributed by atoms with van der Waals surface area (Å²) in [4.78, 5) is 6.51. The molecule has 1 aromatic heterocycles. The summed E-state index contributed by atoms with van der Waals surface area (Å²) in [7, 11) is 2.02. The van der Waals surface area contributed by atoms with Gasteiger partial charge in [-0.1, -0.05) is 11.2 Å². The molecule has 0 saturated carbocycles. The van der Waals surface area contributed by atoms with Gasteiger partial charge in [0, 0.05) is 19.6 Å². The quantitative estimate of drug-likeness (QED) is 0.921. The smallest absolute Gasteiger partial charge is 0.260 e. The fraction of sp³-hybridized carbons (Fsp3) is 0.429. The highest BCUT2D eigenvalue weighted by molar-refractivity contribution is 5.85. The number of piperazine rings is 1. The van der Waals surface area contributed by atoms with Crippen LogP contribution in [0.15, 0.2) is 22.7 Å². The van der Waals surface area contributed by atoms with Crippen molar-refractivity contribution in [2.24, 2.45) is 0 Å². The molecular formula is C14H18ClFN4O. The third kappa shape index (κ3) is 3.23. The highest BCUT2D eigenvalue weighted by Crippen LogP contribution is 2.25. The third-order valence-electron chi connectivity index (χ3n) is 3.61. The maximum atomic E-state index is 13.9. The van der Waals surface area contributed by atoms with Crippen LogP contribution in [0.2, 0.25) is 0 Å². The Morgan fingerprint density at radius 1 is 1.43 bits per heavy atom. The van der Waals surface area contributed by atoms with Gasteiger partial charge in [-0.05, 0) is 31.7 Å². The largest absolute Gasteiger partial charge is 0.334 e. The minimum Gasteiger partial charge on any atom is -0.334 e. The van der Waals surface area contributed by atoms with Crippen LogP contribution in [0.4, 0.5) is 4.39 Å². The van der Waals surface area contributed by atoms with E-state index in [1.54, 1.807) is 6.07 Å². The Morgan fingerprint density at radius 2 is 2.24 bits per heavy atom. The van der Waals surface area contributed by atoms with Crippen LogP contribution >= 0.6 is 12.4 Å². The molecule has 5 nitrogen and oxygen atoms in total. The second-order valence-electron chi connectivity index (χ2n) is 5.14. The second kappa shape index (κ2) is 6.51. The summed E-state index contributed by atoms with van der Waals surface area (Å²) in [6.07, 6.45) is 0. The predicted molar refractivity (Wildman–Crippen MR) is 79.9 cm³/mol. The lowest BCUT2D eigenvalue weighted by molar-refractivity contribution is 0.190. The molecule has 3 rings (SSSR count). The topological polar surface area (TPSA) is 54.2 Å². The molecule has 21 heavy (non-hydrogen) atoms. The average Bonchev–Trinajstić information content (AvgIpc) is 2.88. The van der Waals surface area contributed by atoms with E-state index in [4.69, 9.17) is 4.52 Å². The Bertz CT molecular complexity index is 619. The molecule has 0 aliphatic carbocycles. The van der Waals surface area contributed by atoms with Crippen LogP contribution in [-0.4, -0.2) is 41.7 Å². The first-order valence-corrected chi connectivity index (χ1v) is 6.66. The minimum atomic E-state index is -0.338. The summed E-state index contributed by atoms with van der Waals surface area (Å²) in [5, 5.41) is 7.29. The van der Waals surface area contributed by atoms with Crippen molar-refractivity contribution < 1.29 is 8.91 Å². The van der Waals surface area contributed by atoms with E-state index in [9.17, 15) is 4.39 Å². The van der Waals surface area contributed by atoms with Gasteiger partial charge in [-0.2, -0.15) is 4.98 Å². The van der Waals surface area contributed by atoms with E-state index >= 15 is 0 Å². The Hall–Kier alpha value is -1.50. The number of aromatic nitrogens is 2. The summed E-state index contributed by atoms with van der Waals surface area (Å²) in [5.74, 6) is 0.487. The van der Waals surface area contributed by atoms with Crippen molar-refractivity contribution in [2.45, 2.75) is 13.0 Å². The van der Waals surface area contributed by atoms with Gasteiger partial charge in [0.05, 0.1) is 11.6 Å². The van der Waals surface area contributed by atoms with Gasteiger partial charge in [0.15, 0.2) is 5.82 Å². The summed E-state index contributed by atoms with van der Waals surface area (Å²) in [6.45, 7) is 4.48. The molecule has 2 aromatic rings. The van der Waals surface area contributed by atoms with Crippen LogP contribution in [-0.2, 0) is 0 Å². The van der Waals surface area contributed by atoms with Crippen LogP contribution in [0.5, 0.6) is 0 Å². The lowest BCUT2D eigenvalue weighted by Gasteiger charge is -2.30. The first-order chi connectivity index (χ1) is 9.65. The molecular weight excluding hydrogens is 295 g/mol. The molecule has 1 aromatic carbocycles. The highest BCUT2D eigenvalue weighted by atomic mass is 35.5. The fourth-order valence-corrected chi connectivity index (χ4v) is 2.37. The SMILES string of the molecule is Cc1ccc(-c2nc(C3CNCCN3C)no2)c(F)c1.Cl. The summed E-state index contributed by atoms with van der Waals surface area (Å²) >= 11 is 0. The molecule has 0 radical (unpaired) electrons. The van der Waals surface area contributed by atoms with Gasteiger partial charge in [0.1, 0.15) is 5.82 Å². The van der Waals surface area contributed by atoms with E-state index in [0.29, 0.717) is 11.4 Å². The molecule has 1 fully saturated rings. The summed E-state index contributed by atoms with van der Waals surface area (Å²) < 4.78 is 19.1. The molecule has 1 N–H and O–H groups in total. The zero-order valence-electron chi connectivity index (χ0n) is 12.0. The number of likely N-dealkylation sites (N-methyl/N-ethyl adjacent to an activating group) is 1. The Labute approximate surface area is 128 Å². The first kappa shape index (κ1) is 15.9. The minimum absolute atomic E-state index is 0. The van der Waals surface area contributed by atoms with Gasteiger partial charge in [0.25, 0.3) is 5.89 Å². The molecule has 0 spiro atoms. The predicted octanol–water partition coefficient (Wildman–Crippen LogP) is 2.18. The Balaban J connectivity index is 0.00000161. The summed E-state index contributed by atoms with van der Waals surface area (Å²) in [5.41, 5.74) is 1.21. The van der Waals surface area contributed by atoms with Crippen molar-refractivity contribution >= 4 is 12.4 Å². The van der Waals surface area contributed by atoms with Crippen molar-refractivity contribution in [3.05, 3.63) is 35.4 Å². The zero-order chi connectivity index (χ0) is 14.1. The molecule has 114 valence electrons. The number of aryl methyl sites for hydroxylation is 1. The van der Waals surface area contributed by atoms with Gasteiger partial charge in [-0.3, -0.25) is 4.90 Å². The normalized spacial score (nSPS) is 19.3. The van der Waals surface area contributed by atoms with E-state index in [0.717, 1.165) is 25.2 Å². The molecule has 1 aliphatic heterocycles. The number of hydrogen-bond acceptors (Lipinski definition) is 5. The van der Waals surface area contributed by atoms with Gasteiger partial charge in [0.2, 0.25) is 0 Å². The van der Waals surface area contributed by atoms with Gasteiger partial charge < -0.3 is 9.84 Å². The van der Waals surface area contributed by atoms with Crippen LogP contribution in [0.25, 0.3) is 11.5 Å². The van der Waals surface area contributed by atoms with E-state index in [1.807, 2.05) is 20.0 Å². The molecule has 0 bridgehead atoms. The van der Waals surface area contributed by atoms with Crippen LogP contribution in [0, 0.1) is 12.7 Å². The maximum Gasteiger partial charge on any atom is 0.260 e. The van der Waals surface area contributed by atoms with Gasteiger partial charge in [-0.25, -0.2) is 4.39 Å². The van der Waals surface area contributed by atoms with E-state index in [-0.39, 0.29) is 30.2 Å². The summed E-state index contributed by atoms with van der Waals surface area (Å²) in [6, 6.07) is 5.03. The standard InChI is InChI=1S/C14H17FN4O.ClH/c1-9-3-4-10(11(15)7-9)14-17-13(18-20-14)12-8-16-5-6-19(12)2;/h3-4,7,12,16H,5-6,8H2,1-2H3;1H. The zero-order valence-corrected chi connectivity index (χ0v) is 12.8. The van der Waals surface area contributed by atoms with Crippen LogP contribution in [0.1, 0.15) is 17.4 Å². The third-order valence-corrected chi connectivity index (χ3v) is 3.61. The molecule has 0 amide bonds. The monoisotopic (exact) mass is 312 g/mol. The lowest BCUT2D eigenvalue weighted by atomic mass is 10.1. The molecule has 2 heterocycles. The first-order valence-electron chi connectivity index (χ1n) is 6.66. The van der Waals surface area contributed by atoms with Gasteiger partial charge in [-0.15, -0.1) is 12.4 Å². The molecule has 1 saturated heterocycles. The number of rotatable bonds is 2. The molecule has 1 atom stereocenters. The fourth-order valence-electron chi connectivity index (χ4n) is 2.37. The lowest BCUT2D eigenvalue weighted by Crippen LogP contribution is -2.44. The second-order valence-corrected chi connectivity index (χ2v) is 5.14. The maximum absolute atomic E-state index is 13.9. The number of halogens is 2. The van der Waals surface area contributed by atoms with Crippen molar-refractivity contribution in [2.75, 3.05) is 26.7 Å². The Morgan fingerprint density at radius 3 is 2.95 bits per heavy atom. The van der Waals surface area contributed by atoms with Crippen LogP contribution < -0.4 is 5.32 Å². The van der Waals surface area contributed by atoms with Crippen molar-refractivity contribution in [3.8, 4) is 11.5 Å². The van der Waals surface area contributed by atoms with Crippen LogP contribution in [0.3, 0.4) is 0 Å². The molecule has 1 unspecified atom stereocenters. The van der Waals surface area contributed by atoms with E-state index < -0.39 is 0 Å². The number of nitrogens with zero attached hydrogens (tertiary/aromatic N) is 3. The van der Waals surface area contributed by atoms with Crippen molar-refractivity contribution in [1.82, 2.24) is 20.4 Å². The van der Waals surface area contributed by atoms with E-state index in [1.165, 1.54) is 6.07 Å². The highest BCUT2D eigenvalue weighted by Gasteiger charge is 2.26. The van der Waals surface area contributed by atoms with Gasteiger partial charge >= 0.3 is 0 Å².